The minimum Gasteiger partial charge on any atom is -0.436 e. The first kappa shape index (κ1) is 13.5. The molecule has 3 aromatic rings. The van der Waals surface area contributed by atoms with Crippen molar-refractivity contribution in [2.75, 3.05) is 25.1 Å². The Morgan fingerprint density at radius 3 is 2.67 bits per heavy atom. The average molecular weight is 284 g/mol. The van der Waals surface area contributed by atoms with E-state index >= 15 is 0 Å². The van der Waals surface area contributed by atoms with Crippen molar-refractivity contribution in [2.24, 2.45) is 0 Å². The highest BCUT2D eigenvalue weighted by molar-refractivity contribution is 5.78. The van der Waals surface area contributed by atoms with Crippen molar-refractivity contribution in [1.82, 2.24) is 15.0 Å². The molecule has 0 spiro atoms. The number of hydrogen-bond donors (Lipinski definition) is 1. The van der Waals surface area contributed by atoms with Crippen LogP contribution in [-0.4, -0.2) is 40.3 Å². The number of anilines is 1. The number of aryl methyl sites for hydroxylation is 1. The van der Waals surface area contributed by atoms with Gasteiger partial charge in [0.05, 0.1) is 12.2 Å². The largest absolute Gasteiger partial charge is 0.436 e. The second kappa shape index (κ2) is 5.49. The van der Waals surface area contributed by atoms with Crippen LogP contribution in [-0.2, 0) is 0 Å². The summed E-state index contributed by atoms with van der Waals surface area (Å²) in [6, 6.07) is 5.85. The van der Waals surface area contributed by atoms with Crippen LogP contribution in [0.1, 0.15) is 5.56 Å². The van der Waals surface area contributed by atoms with Crippen molar-refractivity contribution in [3.05, 3.63) is 36.2 Å². The minimum atomic E-state index is 0.0615. The predicted molar refractivity (Wildman–Crippen MR) is 80.1 cm³/mol. The Balaban J connectivity index is 1.94. The number of aromatic nitrogens is 3. The van der Waals surface area contributed by atoms with Crippen LogP contribution in [0.2, 0.25) is 0 Å². The third kappa shape index (κ3) is 2.57. The van der Waals surface area contributed by atoms with Crippen LogP contribution in [0.5, 0.6) is 0 Å². The van der Waals surface area contributed by atoms with Crippen molar-refractivity contribution in [3.63, 3.8) is 0 Å². The van der Waals surface area contributed by atoms with Crippen LogP contribution in [0.25, 0.3) is 22.6 Å². The van der Waals surface area contributed by atoms with Gasteiger partial charge in [0.1, 0.15) is 5.52 Å². The lowest BCUT2D eigenvalue weighted by Crippen LogP contribution is -2.23. The van der Waals surface area contributed by atoms with Gasteiger partial charge in [-0.25, -0.2) is 15.0 Å². The lowest BCUT2D eigenvalue weighted by Gasteiger charge is -2.14. The summed E-state index contributed by atoms with van der Waals surface area (Å²) in [5, 5.41) is 8.91. The summed E-state index contributed by atoms with van der Waals surface area (Å²) >= 11 is 0. The monoisotopic (exact) mass is 284 g/mol. The van der Waals surface area contributed by atoms with Crippen molar-refractivity contribution < 1.29 is 9.52 Å². The van der Waals surface area contributed by atoms with E-state index < -0.39 is 0 Å². The first-order valence-corrected chi connectivity index (χ1v) is 6.69. The standard InChI is InChI=1S/C15H16N4O2/c1-10-4-3-5-12-13(10)21-14(18-12)11-8-16-15(17-9-11)19(2)6-7-20/h3-5,8-9,20H,6-7H2,1-2H3. The fourth-order valence-corrected chi connectivity index (χ4v) is 2.09. The van der Waals surface area contributed by atoms with Crippen LogP contribution in [0.4, 0.5) is 5.95 Å². The number of likely N-dealkylation sites (N-methyl/N-ethyl adjacent to an activating group) is 1. The molecule has 0 fully saturated rings. The smallest absolute Gasteiger partial charge is 0.230 e. The molecule has 2 heterocycles. The first-order valence-electron chi connectivity index (χ1n) is 6.69. The Morgan fingerprint density at radius 2 is 2.00 bits per heavy atom. The molecule has 3 rings (SSSR count). The number of rotatable bonds is 4. The molecule has 6 heteroatoms. The van der Waals surface area contributed by atoms with E-state index in [-0.39, 0.29) is 6.61 Å². The summed E-state index contributed by atoms with van der Waals surface area (Å²) in [5.41, 5.74) is 3.39. The molecule has 108 valence electrons. The highest BCUT2D eigenvalue weighted by Crippen LogP contribution is 2.25. The van der Waals surface area contributed by atoms with Crippen LogP contribution >= 0.6 is 0 Å². The zero-order chi connectivity index (χ0) is 14.8. The summed E-state index contributed by atoms with van der Waals surface area (Å²) in [6.07, 6.45) is 3.35. The summed E-state index contributed by atoms with van der Waals surface area (Å²) < 4.78 is 5.79. The predicted octanol–water partition coefficient (Wildman–Crippen LogP) is 2.02. The summed E-state index contributed by atoms with van der Waals surface area (Å²) in [5.74, 6) is 1.07. The molecule has 2 aromatic heterocycles. The molecule has 0 amide bonds. The highest BCUT2D eigenvalue weighted by atomic mass is 16.3. The summed E-state index contributed by atoms with van der Waals surface area (Å²) in [7, 11) is 1.83. The van der Waals surface area contributed by atoms with Gasteiger partial charge in [-0.2, -0.15) is 0 Å². The van der Waals surface area contributed by atoms with E-state index in [1.54, 1.807) is 17.3 Å². The van der Waals surface area contributed by atoms with Gasteiger partial charge in [0, 0.05) is 26.0 Å². The molecule has 0 aliphatic carbocycles. The minimum absolute atomic E-state index is 0.0615. The second-order valence-corrected chi connectivity index (χ2v) is 4.86. The van der Waals surface area contributed by atoms with Gasteiger partial charge in [0.25, 0.3) is 0 Å². The normalized spacial score (nSPS) is 11.0. The fraction of sp³-hybridized carbons (Fsp3) is 0.267. The van der Waals surface area contributed by atoms with E-state index in [2.05, 4.69) is 15.0 Å². The van der Waals surface area contributed by atoms with Crippen LogP contribution in [0, 0.1) is 6.92 Å². The number of aliphatic hydroxyl groups excluding tert-OH is 1. The van der Waals surface area contributed by atoms with Crippen LogP contribution in [0.15, 0.2) is 35.0 Å². The molecule has 0 saturated heterocycles. The van der Waals surface area contributed by atoms with Gasteiger partial charge in [-0.15, -0.1) is 0 Å². The lowest BCUT2D eigenvalue weighted by atomic mass is 10.2. The van der Waals surface area contributed by atoms with Crippen molar-refractivity contribution in [1.29, 1.82) is 0 Å². The maximum absolute atomic E-state index is 8.91. The molecule has 0 bridgehead atoms. The molecule has 1 aromatic carbocycles. The lowest BCUT2D eigenvalue weighted by molar-refractivity contribution is 0.303. The molecule has 21 heavy (non-hydrogen) atoms. The number of nitrogens with zero attached hydrogens (tertiary/aromatic N) is 4. The van der Waals surface area contributed by atoms with Crippen molar-refractivity contribution >= 4 is 17.0 Å². The number of para-hydroxylation sites is 1. The maximum atomic E-state index is 8.91. The maximum Gasteiger partial charge on any atom is 0.230 e. The van der Waals surface area contributed by atoms with Crippen LogP contribution < -0.4 is 4.90 Å². The number of hydrogen-bond acceptors (Lipinski definition) is 6. The van der Waals surface area contributed by atoms with E-state index in [1.165, 1.54) is 0 Å². The Morgan fingerprint density at radius 1 is 1.24 bits per heavy atom. The van der Waals surface area contributed by atoms with E-state index in [9.17, 15) is 0 Å². The van der Waals surface area contributed by atoms with Crippen molar-refractivity contribution in [3.8, 4) is 11.5 Å². The van der Waals surface area contributed by atoms with E-state index in [0.29, 0.717) is 18.4 Å². The first-order chi connectivity index (χ1) is 10.2. The van der Waals surface area contributed by atoms with Gasteiger partial charge in [-0.05, 0) is 18.6 Å². The third-order valence-corrected chi connectivity index (χ3v) is 3.27. The molecule has 0 saturated carbocycles. The van der Waals surface area contributed by atoms with Gasteiger partial charge in [-0.3, -0.25) is 0 Å². The molecule has 1 N–H and O–H groups in total. The molecular formula is C15H16N4O2. The Kier molecular flexibility index (Phi) is 3.53. The second-order valence-electron chi connectivity index (χ2n) is 4.86. The average Bonchev–Trinajstić information content (AvgIpc) is 2.93. The highest BCUT2D eigenvalue weighted by Gasteiger charge is 2.11. The molecule has 6 nitrogen and oxygen atoms in total. The zero-order valence-corrected chi connectivity index (χ0v) is 11.9. The Hall–Kier alpha value is -2.47. The fourth-order valence-electron chi connectivity index (χ4n) is 2.09. The molecule has 0 aliphatic rings. The molecule has 0 atom stereocenters. The van der Waals surface area contributed by atoms with Crippen LogP contribution in [0.3, 0.4) is 0 Å². The number of fused-ring (bicyclic) bond motifs is 1. The number of benzene rings is 1. The number of oxazole rings is 1. The van der Waals surface area contributed by atoms with Gasteiger partial charge >= 0.3 is 0 Å². The summed E-state index contributed by atoms with van der Waals surface area (Å²) in [6.45, 7) is 2.54. The van der Waals surface area contributed by atoms with Gasteiger partial charge < -0.3 is 14.4 Å². The molecular weight excluding hydrogens is 268 g/mol. The van der Waals surface area contributed by atoms with Gasteiger partial charge in [0.2, 0.25) is 11.8 Å². The quantitative estimate of drug-likeness (QED) is 0.790. The van der Waals surface area contributed by atoms with Crippen molar-refractivity contribution in [2.45, 2.75) is 6.92 Å². The van der Waals surface area contributed by atoms with E-state index in [0.717, 1.165) is 22.2 Å². The van der Waals surface area contributed by atoms with Gasteiger partial charge in [-0.1, -0.05) is 12.1 Å². The summed E-state index contributed by atoms with van der Waals surface area (Å²) in [4.78, 5) is 14.8. The molecule has 0 radical (unpaired) electrons. The number of aliphatic hydroxyl groups is 1. The Labute approximate surface area is 122 Å². The topological polar surface area (TPSA) is 75.3 Å². The zero-order valence-electron chi connectivity index (χ0n) is 11.9. The molecule has 0 aliphatic heterocycles. The Bertz CT molecular complexity index is 752. The van der Waals surface area contributed by atoms with Gasteiger partial charge in [0.15, 0.2) is 5.58 Å². The van der Waals surface area contributed by atoms with E-state index in [1.807, 2.05) is 32.2 Å². The molecule has 0 unspecified atom stereocenters. The SMILES string of the molecule is Cc1cccc2nc(-c3cnc(N(C)CCO)nc3)oc12. The van der Waals surface area contributed by atoms with E-state index in [4.69, 9.17) is 9.52 Å². The third-order valence-electron chi connectivity index (χ3n) is 3.27.